The van der Waals surface area contributed by atoms with Gasteiger partial charge in [-0.3, -0.25) is 20.2 Å². The summed E-state index contributed by atoms with van der Waals surface area (Å²) in [5.41, 5.74) is -3.26. The minimum Gasteiger partial charge on any atom is -0.380 e. The average molecular weight is 612 g/mol. The standard InChI is InChI=1S/C26H41ClF3N5O4S/c1-13-6-15(16-7-21(27)32-10-19(16)39-2)17(9-31-13)22(36)34-24-33-18-11-35(12-20(18)40-24)23(37)14-4-3-5-25(38,8-14)26(28,29)30/h13-21,24,31-33,38H,3-12H2,1-2H3,(H,34,36). The van der Waals surface area contributed by atoms with E-state index in [1.54, 1.807) is 23.8 Å². The van der Waals surface area contributed by atoms with Gasteiger partial charge in [0.1, 0.15) is 5.50 Å². The monoisotopic (exact) mass is 611 g/mol. The highest BCUT2D eigenvalue weighted by atomic mass is 35.5. The van der Waals surface area contributed by atoms with Crippen LogP contribution in [0.1, 0.15) is 45.4 Å². The number of alkyl halides is 4. The number of thioether (sulfide) groups is 1. The average Bonchev–Trinajstić information content (AvgIpc) is 3.46. The first-order valence-electron chi connectivity index (χ1n) is 14.3. The van der Waals surface area contributed by atoms with Crippen molar-refractivity contribution in [2.75, 3.05) is 33.3 Å². The van der Waals surface area contributed by atoms with Gasteiger partial charge < -0.3 is 25.4 Å². The van der Waals surface area contributed by atoms with Crippen molar-refractivity contribution in [1.29, 1.82) is 0 Å². The largest absolute Gasteiger partial charge is 0.417 e. The van der Waals surface area contributed by atoms with Crippen LogP contribution in [0.25, 0.3) is 0 Å². The number of amides is 2. The van der Waals surface area contributed by atoms with Crippen molar-refractivity contribution < 1.29 is 32.6 Å². The van der Waals surface area contributed by atoms with Gasteiger partial charge in [0, 0.05) is 56.5 Å². The zero-order valence-electron chi connectivity index (χ0n) is 22.9. The number of carbonyl (C=O) groups is 2. The molecule has 0 radical (unpaired) electrons. The second-order valence-electron chi connectivity index (χ2n) is 12.3. The molecule has 228 valence electrons. The summed E-state index contributed by atoms with van der Waals surface area (Å²) in [7, 11) is 1.70. The summed E-state index contributed by atoms with van der Waals surface area (Å²) in [6.07, 6.45) is -3.61. The summed E-state index contributed by atoms with van der Waals surface area (Å²) < 4.78 is 45.9. The Labute approximate surface area is 242 Å². The van der Waals surface area contributed by atoms with Crippen molar-refractivity contribution >= 4 is 35.2 Å². The summed E-state index contributed by atoms with van der Waals surface area (Å²) in [5, 5.41) is 23.4. The number of fused-ring (bicyclic) bond motifs is 1. The fourth-order valence-corrected chi connectivity index (χ4v) is 9.13. The van der Waals surface area contributed by atoms with E-state index in [-0.39, 0.29) is 76.8 Å². The molecule has 5 N–H and O–H groups in total. The van der Waals surface area contributed by atoms with Crippen molar-refractivity contribution in [3.63, 3.8) is 0 Å². The molecule has 9 nitrogen and oxygen atoms in total. The van der Waals surface area contributed by atoms with Gasteiger partial charge in [-0.25, -0.2) is 0 Å². The highest BCUT2D eigenvalue weighted by molar-refractivity contribution is 8.00. The van der Waals surface area contributed by atoms with Gasteiger partial charge in [-0.2, -0.15) is 13.2 Å². The van der Waals surface area contributed by atoms with Gasteiger partial charge in [-0.15, -0.1) is 23.4 Å². The van der Waals surface area contributed by atoms with Gasteiger partial charge in [-0.1, -0.05) is 0 Å². The number of halogens is 4. The minimum atomic E-state index is -4.74. The summed E-state index contributed by atoms with van der Waals surface area (Å²) in [6, 6.07) is 0.220. The Hall–Kier alpha value is -0.830. The molecule has 2 amide bonds. The molecule has 1 aliphatic carbocycles. The van der Waals surface area contributed by atoms with Gasteiger partial charge in [0.05, 0.1) is 17.5 Å². The molecule has 11 atom stereocenters. The molecule has 0 aromatic carbocycles. The lowest BCUT2D eigenvalue weighted by molar-refractivity contribution is -0.273. The van der Waals surface area contributed by atoms with Crippen LogP contribution in [-0.4, -0.2) is 101 Å². The lowest BCUT2D eigenvalue weighted by Gasteiger charge is -2.45. The number of likely N-dealkylation sites (tertiary alicyclic amines) is 1. The Bertz CT molecular complexity index is 939. The van der Waals surface area contributed by atoms with E-state index in [0.29, 0.717) is 32.6 Å². The molecule has 0 spiro atoms. The van der Waals surface area contributed by atoms with Crippen molar-refractivity contribution in [3.8, 4) is 0 Å². The van der Waals surface area contributed by atoms with Gasteiger partial charge in [0.25, 0.3) is 0 Å². The maximum absolute atomic E-state index is 13.6. The van der Waals surface area contributed by atoms with Gasteiger partial charge >= 0.3 is 6.18 Å². The van der Waals surface area contributed by atoms with E-state index in [1.807, 2.05) is 0 Å². The molecule has 0 aromatic rings. The summed E-state index contributed by atoms with van der Waals surface area (Å²) in [5.74, 6) is -1.15. The molecule has 1 saturated carbocycles. The number of piperidine rings is 2. The fourth-order valence-electron chi connectivity index (χ4n) is 7.43. The Morgan fingerprint density at radius 2 is 1.95 bits per heavy atom. The molecule has 4 heterocycles. The van der Waals surface area contributed by atoms with Crippen molar-refractivity contribution in [3.05, 3.63) is 0 Å². The number of hydrogen-bond donors (Lipinski definition) is 5. The maximum atomic E-state index is 13.6. The molecule has 4 aliphatic heterocycles. The van der Waals surface area contributed by atoms with Crippen molar-refractivity contribution in [1.82, 2.24) is 26.2 Å². The Balaban J connectivity index is 1.16. The van der Waals surface area contributed by atoms with E-state index >= 15 is 0 Å². The number of ether oxygens (including phenoxy) is 1. The third-order valence-corrected chi connectivity index (χ3v) is 11.3. The molecule has 0 bridgehead atoms. The van der Waals surface area contributed by atoms with E-state index in [4.69, 9.17) is 16.3 Å². The molecular weight excluding hydrogens is 571 g/mol. The molecule has 5 rings (SSSR count). The molecule has 5 aliphatic rings. The smallest absolute Gasteiger partial charge is 0.380 e. The highest BCUT2D eigenvalue weighted by Crippen LogP contribution is 2.45. The lowest BCUT2D eigenvalue weighted by Crippen LogP contribution is -2.57. The van der Waals surface area contributed by atoms with Crippen LogP contribution >= 0.6 is 23.4 Å². The fraction of sp³-hybridized carbons (Fsp3) is 0.923. The van der Waals surface area contributed by atoms with Crippen LogP contribution in [-0.2, 0) is 14.3 Å². The molecule has 40 heavy (non-hydrogen) atoms. The van der Waals surface area contributed by atoms with Crippen LogP contribution in [0, 0.1) is 23.7 Å². The van der Waals surface area contributed by atoms with Crippen LogP contribution in [0.4, 0.5) is 13.2 Å². The number of nitrogens with one attached hydrogen (secondary N) is 4. The number of methoxy groups -OCH3 is 1. The minimum absolute atomic E-state index is 0.0151. The summed E-state index contributed by atoms with van der Waals surface area (Å²) in [6.45, 7) is 4.12. The predicted molar refractivity (Wildman–Crippen MR) is 145 cm³/mol. The Morgan fingerprint density at radius 1 is 1.18 bits per heavy atom. The Kier molecular flexibility index (Phi) is 9.22. The van der Waals surface area contributed by atoms with Gasteiger partial charge in [-0.05, 0) is 57.3 Å². The van der Waals surface area contributed by atoms with Crippen LogP contribution < -0.4 is 21.3 Å². The topological polar surface area (TPSA) is 115 Å². The van der Waals surface area contributed by atoms with Crippen molar-refractivity contribution in [2.24, 2.45) is 23.7 Å². The molecule has 0 aromatic heterocycles. The molecule has 14 heteroatoms. The number of nitrogens with zero attached hydrogens (tertiary/aromatic N) is 1. The zero-order chi connectivity index (χ0) is 28.8. The van der Waals surface area contributed by atoms with Crippen LogP contribution in [0.5, 0.6) is 0 Å². The Morgan fingerprint density at radius 3 is 2.65 bits per heavy atom. The van der Waals surface area contributed by atoms with Crippen molar-refractivity contribution in [2.45, 2.75) is 91.7 Å². The van der Waals surface area contributed by atoms with E-state index in [0.717, 1.165) is 12.8 Å². The summed E-state index contributed by atoms with van der Waals surface area (Å²) in [4.78, 5) is 28.3. The summed E-state index contributed by atoms with van der Waals surface area (Å²) >= 11 is 7.99. The first-order valence-corrected chi connectivity index (χ1v) is 15.7. The second-order valence-corrected chi connectivity index (χ2v) is 14.1. The van der Waals surface area contributed by atoms with E-state index in [2.05, 4.69) is 28.2 Å². The number of rotatable bonds is 5. The maximum Gasteiger partial charge on any atom is 0.417 e. The SMILES string of the molecule is COC1CNC(Cl)CC1C1CC(C)NCC1C(=O)NC1NC2CN(C(=O)C3CCCC(O)(C(F)(F)F)C3)CC2S1. The normalized spacial score (nSPS) is 44.3. The number of aliphatic hydroxyl groups is 1. The highest BCUT2D eigenvalue weighted by Gasteiger charge is 2.57. The van der Waals surface area contributed by atoms with Gasteiger partial charge in [0.15, 0.2) is 5.60 Å². The molecule has 4 saturated heterocycles. The van der Waals surface area contributed by atoms with Gasteiger partial charge in [0.2, 0.25) is 11.8 Å². The third-order valence-electron chi connectivity index (χ3n) is 9.65. The molecule has 5 fully saturated rings. The quantitative estimate of drug-likeness (QED) is 0.235. The van der Waals surface area contributed by atoms with E-state index < -0.39 is 24.1 Å². The molecular formula is C26H41ClF3N5O4S. The van der Waals surface area contributed by atoms with E-state index in [9.17, 15) is 27.9 Å². The number of carbonyl (C=O) groups excluding carboxylic acids is 2. The first-order chi connectivity index (χ1) is 18.9. The van der Waals surface area contributed by atoms with Crippen LogP contribution in [0.3, 0.4) is 0 Å². The number of hydrogen-bond acceptors (Lipinski definition) is 8. The predicted octanol–water partition coefficient (Wildman–Crippen LogP) is 1.59. The molecule has 11 unspecified atom stereocenters. The lowest BCUT2D eigenvalue weighted by atomic mass is 9.70. The van der Waals surface area contributed by atoms with Crippen LogP contribution in [0.2, 0.25) is 0 Å². The second kappa shape index (κ2) is 12.0. The third kappa shape index (κ3) is 6.26. The first kappa shape index (κ1) is 30.6. The van der Waals surface area contributed by atoms with Crippen LogP contribution in [0.15, 0.2) is 0 Å². The zero-order valence-corrected chi connectivity index (χ0v) is 24.5. The van der Waals surface area contributed by atoms with E-state index in [1.165, 1.54) is 0 Å².